The minimum Gasteiger partial charge on any atom is -0.462 e. The lowest BCUT2D eigenvalue weighted by Crippen LogP contribution is -2.10. The van der Waals surface area contributed by atoms with Gasteiger partial charge in [-0.1, -0.05) is 43.0 Å². The molecular formula is C19H21O5P. The number of hydrogen-bond donors (Lipinski definition) is 0. The largest absolute Gasteiger partial charge is 0.462 e. The minimum absolute atomic E-state index is 0.111. The molecule has 0 aliphatic heterocycles. The third kappa shape index (κ3) is 6.48. The average molecular weight is 360 g/mol. The number of rotatable bonds is 9. The van der Waals surface area contributed by atoms with Gasteiger partial charge in [0, 0.05) is 5.57 Å². The summed E-state index contributed by atoms with van der Waals surface area (Å²) in [6, 6.07) is 17.7. The van der Waals surface area contributed by atoms with Crippen LogP contribution in [0.3, 0.4) is 0 Å². The molecule has 0 N–H and O–H groups in total. The molecule has 5 nitrogen and oxygen atoms in total. The second-order valence-corrected chi connectivity index (χ2v) is 7.45. The molecule has 0 heterocycles. The number of ether oxygens (including phenoxy) is 1. The van der Waals surface area contributed by atoms with Crippen molar-refractivity contribution < 1.29 is 23.1 Å². The summed E-state index contributed by atoms with van der Waals surface area (Å²) in [5.41, 5.74) is 0.323. The van der Waals surface area contributed by atoms with Crippen LogP contribution in [0.1, 0.15) is 13.3 Å². The van der Waals surface area contributed by atoms with E-state index in [0.29, 0.717) is 23.5 Å². The van der Waals surface area contributed by atoms with E-state index in [4.69, 9.17) is 13.8 Å². The van der Waals surface area contributed by atoms with Gasteiger partial charge in [0.15, 0.2) is 0 Å². The fourth-order valence-corrected chi connectivity index (χ4v) is 3.56. The Balaban J connectivity index is 2.02. The van der Waals surface area contributed by atoms with E-state index in [1.165, 1.54) is 0 Å². The lowest BCUT2D eigenvalue weighted by Gasteiger charge is -2.20. The predicted octanol–water partition coefficient (Wildman–Crippen LogP) is 4.85. The predicted molar refractivity (Wildman–Crippen MR) is 97.0 cm³/mol. The Morgan fingerprint density at radius 3 is 1.88 bits per heavy atom. The number of carbonyl (C=O) groups excluding carboxylic acids is 1. The molecule has 0 amide bonds. The molecule has 0 unspecified atom stereocenters. The first-order valence-corrected chi connectivity index (χ1v) is 9.62. The highest BCUT2D eigenvalue weighted by molar-refractivity contribution is 7.54. The van der Waals surface area contributed by atoms with E-state index in [2.05, 4.69) is 6.58 Å². The zero-order chi connectivity index (χ0) is 18.1. The SMILES string of the molecule is C=C(C)C(=O)OCCCP(=O)(Oc1ccccc1)Oc1ccccc1. The first kappa shape index (κ1) is 18.8. The first-order chi connectivity index (χ1) is 12.0. The Hall–Kier alpha value is -2.52. The molecule has 6 heteroatoms. The molecule has 0 spiro atoms. The maximum absolute atomic E-state index is 13.1. The van der Waals surface area contributed by atoms with Gasteiger partial charge in [0.1, 0.15) is 11.5 Å². The van der Waals surface area contributed by atoms with Gasteiger partial charge in [0.25, 0.3) is 0 Å². The number of esters is 1. The van der Waals surface area contributed by atoms with Gasteiger partial charge >= 0.3 is 13.6 Å². The summed E-state index contributed by atoms with van der Waals surface area (Å²) in [6.45, 7) is 5.21. The normalized spacial score (nSPS) is 10.8. The molecule has 0 bridgehead atoms. The van der Waals surface area contributed by atoms with Gasteiger partial charge in [-0.25, -0.2) is 9.36 Å². The first-order valence-electron chi connectivity index (χ1n) is 7.89. The Labute approximate surface area is 147 Å². The van der Waals surface area contributed by atoms with Crippen LogP contribution in [-0.4, -0.2) is 18.7 Å². The van der Waals surface area contributed by atoms with E-state index in [-0.39, 0.29) is 12.8 Å². The van der Waals surface area contributed by atoms with Crippen molar-refractivity contribution in [1.29, 1.82) is 0 Å². The lowest BCUT2D eigenvalue weighted by atomic mass is 10.3. The van der Waals surface area contributed by atoms with Crippen LogP contribution in [0.2, 0.25) is 0 Å². The second-order valence-electron chi connectivity index (χ2n) is 5.41. The smallest absolute Gasteiger partial charge is 0.430 e. The van der Waals surface area contributed by atoms with Crippen LogP contribution < -0.4 is 9.05 Å². The van der Waals surface area contributed by atoms with Crippen LogP contribution in [0.4, 0.5) is 0 Å². The van der Waals surface area contributed by atoms with Crippen molar-refractivity contribution in [2.75, 3.05) is 12.8 Å². The van der Waals surface area contributed by atoms with Crippen LogP contribution in [0.25, 0.3) is 0 Å². The maximum atomic E-state index is 13.1. The van der Waals surface area contributed by atoms with E-state index in [1.54, 1.807) is 55.5 Å². The topological polar surface area (TPSA) is 61.8 Å². The quantitative estimate of drug-likeness (QED) is 0.277. The molecular weight excluding hydrogens is 339 g/mol. The average Bonchev–Trinajstić information content (AvgIpc) is 2.60. The molecule has 0 aromatic heterocycles. The highest BCUT2D eigenvalue weighted by Crippen LogP contribution is 2.48. The van der Waals surface area contributed by atoms with Crippen LogP contribution in [0, 0.1) is 0 Å². The van der Waals surface area contributed by atoms with Crippen molar-refractivity contribution >= 4 is 13.6 Å². The molecule has 0 saturated carbocycles. The fourth-order valence-electron chi connectivity index (χ4n) is 1.94. The number of benzene rings is 2. The number of para-hydroxylation sites is 2. The zero-order valence-electron chi connectivity index (χ0n) is 14.1. The molecule has 0 aliphatic rings. The molecule has 0 aliphatic carbocycles. The third-order valence-electron chi connectivity index (χ3n) is 3.13. The van der Waals surface area contributed by atoms with E-state index in [9.17, 15) is 9.36 Å². The van der Waals surface area contributed by atoms with Gasteiger partial charge in [-0.3, -0.25) is 0 Å². The van der Waals surface area contributed by atoms with Crippen LogP contribution in [-0.2, 0) is 14.1 Å². The Morgan fingerprint density at radius 1 is 0.960 bits per heavy atom. The summed E-state index contributed by atoms with van der Waals surface area (Å²) >= 11 is 0. The van der Waals surface area contributed by atoms with Crippen molar-refractivity contribution in [3.05, 3.63) is 72.8 Å². The number of hydrogen-bond acceptors (Lipinski definition) is 5. The number of carbonyl (C=O) groups is 1. The van der Waals surface area contributed by atoms with Gasteiger partial charge < -0.3 is 13.8 Å². The summed E-state index contributed by atoms with van der Waals surface area (Å²) in [7, 11) is -3.46. The van der Waals surface area contributed by atoms with E-state index in [0.717, 1.165) is 0 Å². The van der Waals surface area contributed by atoms with Crippen LogP contribution >= 0.6 is 7.60 Å². The minimum atomic E-state index is -3.46. The van der Waals surface area contributed by atoms with Gasteiger partial charge in [0.2, 0.25) is 0 Å². The van der Waals surface area contributed by atoms with E-state index in [1.807, 2.05) is 12.1 Å². The summed E-state index contributed by atoms with van der Waals surface area (Å²) < 4.78 is 29.4. The monoisotopic (exact) mass is 360 g/mol. The van der Waals surface area contributed by atoms with E-state index >= 15 is 0 Å². The standard InChI is InChI=1S/C19H21O5P/c1-16(2)19(20)22-14-9-15-25(21,23-17-10-5-3-6-11-17)24-18-12-7-4-8-13-18/h3-8,10-13H,1,9,14-15H2,2H3. The third-order valence-corrected chi connectivity index (χ3v) is 4.98. The van der Waals surface area contributed by atoms with Crippen molar-refractivity contribution in [3.8, 4) is 11.5 Å². The van der Waals surface area contributed by atoms with Gasteiger partial charge in [-0.15, -0.1) is 0 Å². The van der Waals surface area contributed by atoms with Crippen LogP contribution in [0.5, 0.6) is 11.5 Å². The second kappa shape index (κ2) is 9.09. The Bertz CT molecular complexity index is 697. The van der Waals surface area contributed by atoms with Crippen molar-refractivity contribution in [1.82, 2.24) is 0 Å². The zero-order valence-corrected chi connectivity index (χ0v) is 15.0. The summed E-state index contributed by atoms with van der Waals surface area (Å²) in [6.07, 6.45) is 0.455. The molecule has 0 fully saturated rings. The van der Waals surface area contributed by atoms with Crippen LogP contribution in [0.15, 0.2) is 72.8 Å². The summed E-state index contributed by atoms with van der Waals surface area (Å²) in [5, 5.41) is 0. The summed E-state index contributed by atoms with van der Waals surface area (Å²) in [5.74, 6) is 0.448. The lowest BCUT2D eigenvalue weighted by molar-refractivity contribution is -0.138. The van der Waals surface area contributed by atoms with Crippen molar-refractivity contribution in [3.63, 3.8) is 0 Å². The molecule has 2 aromatic carbocycles. The van der Waals surface area contributed by atoms with Crippen molar-refractivity contribution in [2.45, 2.75) is 13.3 Å². The Kier molecular flexibility index (Phi) is 6.84. The summed E-state index contributed by atoms with van der Waals surface area (Å²) in [4.78, 5) is 11.4. The molecule has 2 aromatic rings. The molecule has 0 atom stereocenters. The van der Waals surface area contributed by atoms with Gasteiger partial charge in [-0.2, -0.15) is 0 Å². The van der Waals surface area contributed by atoms with Gasteiger partial charge in [-0.05, 0) is 37.6 Å². The fraction of sp³-hybridized carbons (Fsp3) is 0.211. The highest BCUT2D eigenvalue weighted by atomic mass is 31.2. The molecule has 25 heavy (non-hydrogen) atoms. The molecule has 2 rings (SSSR count). The maximum Gasteiger partial charge on any atom is 0.430 e. The Morgan fingerprint density at radius 2 is 1.44 bits per heavy atom. The molecule has 0 saturated heterocycles. The molecule has 132 valence electrons. The molecule has 0 radical (unpaired) electrons. The highest BCUT2D eigenvalue weighted by Gasteiger charge is 2.28. The van der Waals surface area contributed by atoms with Crippen molar-refractivity contribution in [2.24, 2.45) is 0 Å². The van der Waals surface area contributed by atoms with E-state index < -0.39 is 13.6 Å². The van der Waals surface area contributed by atoms with Gasteiger partial charge in [0.05, 0.1) is 12.8 Å².